The molecule has 0 bridgehead atoms. The van der Waals surface area contributed by atoms with Crippen molar-refractivity contribution in [2.24, 2.45) is 0 Å². The number of nitrogens with one attached hydrogen (secondary N) is 1. The van der Waals surface area contributed by atoms with Crippen LogP contribution in [0.25, 0.3) is 17.1 Å². The van der Waals surface area contributed by atoms with Crippen molar-refractivity contribution in [1.82, 2.24) is 14.8 Å². The Bertz CT molecular complexity index is 1080. The number of anilines is 1. The van der Waals surface area contributed by atoms with Crippen LogP contribution in [0.1, 0.15) is 0 Å². The van der Waals surface area contributed by atoms with Crippen molar-refractivity contribution in [3.63, 3.8) is 0 Å². The molecular weight excluding hydrogens is 360 g/mol. The van der Waals surface area contributed by atoms with Gasteiger partial charge in [-0.05, 0) is 36.4 Å². The molecule has 6 nitrogen and oxygen atoms in total. The molecular formula is C20H16N4O2S. The number of rotatable bonds is 5. The molecule has 0 fully saturated rings. The van der Waals surface area contributed by atoms with Crippen LogP contribution in [0.5, 0.6) is 0 Å². The minimum Gasteiger partial charge on any atom is -0.588 e. The van der Waals surface area contributed by atoms with E-state index in [4.69, 9.17) is 0 Å². The molecule has 0 aliphatic carbocycles. The Kier molecular flexibility index (Phi) is 4.53. The van der Waals surface area contributed by atoms with Crippen molar-refractivity contribution in [2.75, 3.05) is 4.72 Å². The molecule has 1 unspecified atom stereocenters. The highest BCUT2D eigenvalue weighted by atomic mass is 32.3. The Morgan fingerprint density at radius 1 is 0.852 bits per heavy atom. The van der Waals surface area contributed by atoms with Gasteiger partial charge in [0.1, 0.15) is 5.69 Å². The van der Waals surface area contributed by atoms with Crippen LogP contribution in [0.3, 0.4) is 0 Å². The quantitative estimate of drug-likeness (QED) is 0.535. The topological polar surface area (TPSA) is 82.9 Å². The van der Waals surface area contributed by atoms with E-state index in [1.54, 1.807) is 47.3 Å². The van der Waals surface area contributed by atoms with E-state index in [-0.39, 0.29) is 4.90 Å². The van der Waals surface area contributed by atoms with Crippen molar-refractivity contribution < 1.29 is 8.76 Å². The summed E-state index contributed by atoms with van der Waals surface area (Å²) in [5.74, 6) is 0.339. The van der Waals surface area contributed by atoms with E-state index in [0.29, 0.717) is 17.2 Å². The van der Waals surface area contributed by atoms with Gasteiger partial charge in [-0.2, -0.15) is 9.82 Å². The second kappa shape index (κ2) is 7.14. The predicted molar refractivity (Wildman–Crippen MR) is 104 cm³/mol. The first-order chi connectivity index (χ1) is 13.1. The molecule has 4 rings (SSSR count). The van der Waals surface area contributed by atoms with Gasteiger partial charge in [-0.1, -0.05) is 46.7 Å². The highest BCUT2D eigenvalue weighted by Crippen LogP contribution is 2.27. The Hall–Kier alpha value is -3.29. The number of nitrogens with zero attached hydrogens (tertiary/aromatic N) is 3. The van der Waals surface area contributed by atoms with Crippen LogP contribution in [0, 0.1) is 0 Å². The summed E-state index contributed by atoms with van der Waals surface area (Å²) >= 11 is 0. The van der Waals surface area contributed by atoms with Crippen LogP contribution in [0.2, 0.25) is 0 Å². The van der Waals surface area contributed by atoms with Gasteiger partial charge in [0, 0.05) is 12.3 Å². The Labute approximate surface area is 157 Å². The maximum absolute atomic E-state index is 12.8. The maximum atomic E-state index is 12.8. The standard InChI is InChI=1S/C20H16N4O2S/c25-27(26,17-11-5-2-6-12-17)23-20-15-19(18-13-7-8-14-21-18)22-24(20)16-9-3-1-4-10-16/h1-15H,(H-,23,25,26). The SMILES string of the molecule is O=[S+]([O-])(Nc1cc(-c2ccccn2)nn1-c1ccccc1)c1ccccc1. The zero-order valence-corrected chi connectivity index (χ0v) is 15.0. The normalized spacial score (nSPS) is 13.1. The Morgan fingerprint density at radius 3 is 2.19 bits per heavy atom. The number of aromatic nitrogens is 3. The number of pyridine rings is 1. The van der Waals surface area contributed by atoms with Crippen molar-refractivity contribution in [2.45, 2.75) is 4.90 Å². The molecule has 0 saturated heterocycles. The lowest BCUT2D eigenvalue weighted by atomic mass is 10.3. The smallest absolute Gasteiger partial charge is 0.181 e. The highest BCUT2D eigenvalue weighted by molar-refractivity contribution is 7.98. The van der Waals surface area contributed by atoms with Crippen LogP contribution in [0.15, 0.2) is 96.0 Å². The van der Waals surface area contributed by atoms with E-state index in [0.717, 1.165) is 5.69 Å². The fourth-order valence-electron chi connectivity index (χ4n) is 2.66. The summed E-state index contributed by atoms with van der Waals surface area (Å²) in [5, 5.41) is 4.56. The van der Waals surface area contributed by atoms with Gasteiger partial charge in [0.05, 0.1) is 11.4 Å². The lowest BCUT2D eigenvalue weighted by Crippen LogP contribution is -2.22. The van der Waals surface area contributed by atoms with Crippen molar-refractivity contribution in [3.05, 3.63) is 91.1 Å². The van der Waals surface area contributed by atoms with E-state index >= 15 is 0 Å². The first-order valence-corrected chi connectivity index (χ1v) is 9.76. The zero-order valence-electron chi connectivity index (χ0n) is 14.2. The third kappa shape index (κ3) is 3.64. The van der Waals surface area contributed by atoms with Gasteiger partial charge in [0.25, 0.3) is 0 Å². The molecule has 27 heavy (non-hydrogen) atoms. The summed E-state index contributed by atoms with van der Waals surface area (Å²) < 4.78 is 29.7. The largest absolute Gasteiger partial charge is 0.588 e. The van der Waals surface area contributed by atoms with E-state index in [1.165, 1.54) is 0 Å². The van der Waals surface area contributed by atoms with Crippen LogP contribution < -0.4 is 4.72 Å². The molecule has 0 saturated carbocycles. The molecule has 1 atom stereocenters. The summed E-state index contributed by atoms with van der Waals surface area (Å²) in [7, 11) is -3.74. The zero-order chi connectivity index (χ0) is 18.7. The summed E-state index contributed by atoms with van der Waals surface area (Å²) in [4.78, 5) is 4.48. The molecule has 2 aromatic heterocycles. The fraction of sp³-hybridized carbons (Fsp3) is 0. The van der Waals surface area contributed by atoms with Gasteiger partial charge < -0.3 is 4.55 Å². The molecule has 0 radical (unpaired) electrons. The molecule has 4 aromatic rings. The third-order valence-electron chi connectivity index (χ3n) is 3.93. The van der Waals surface area contributed by atoms with Gasteiger partial charge in [0.2, 0.25) is 0 Å². The number of hydrogen-bond donors (Lipinski definition) is 1. The third-order valence-corrected chi connectivity index (χ3v) is 5.30. The Balaban J connectivity index is 1.79. The number of benzene rings is 2. The van der Waals surface area contributed by atoms with E-state index in [1.807, 2.05) is 48.5 Å². The maximum Gasteiger partial charge on any atom is 0.181 e. The summed E-state index contributed by atoms with van der Waals surface area (Å²) in [6.07, 6.45) is 1.67. The molecule has 2 aromatic carbocycles. The van der Waals surface area contributed by atoms with Crippen LogP contribution >= 0.6 is 0 Å². The van der Waals surface area contributed by atoms with Gasteiger partial charge in [-0.3, -0.25) is 4.98 Å². The lowest BCUT2D eigenvalue weighted by molar-refractivity contribution is 0.483. The second-order valence-corrected chi connectivity index (χ2v) is 7.48. The lowest BCUT2D eigenvalue weighted by Gasteiger charge is -2.16. The molecule has 0 amide bonds. The molecule has 7 heteroatoms. The van der Waals surface area contributed by atoms with Gasteiger partial charge >= 0.3 is 0 Å². The monoisotopic (exact) mass is 376 g/mol. The number of sulfonamides is 1. The van der Waals surface area contributed by atoms with Gasteiger partial charge in [-0.25, -0.2) is 4.68 Å². The fourth-order valence-corrected chi connectivity index (χ4v) is 3.71. The first-order valence-electron chi connectivity index (χ1n) is 8.28. The molecule has 0 spiro atoms. The van der Waals surface area contributed by atoms with Crippen molar-refractivity contribution >= 4 is 16.2 Å². The predicted octanol–water partition coefficient (Wildman–Crippen LogP) is 3.95. The molecule has 0 aliphatic heterocycles. The summed E-state index contributed by atoms with van der Waals surface area (Å²) in [6, 6.07) is 24.7. The van der Waals surface area contributed by atoms with Crippen LogP contribution in [0.4, 0.5) is 5.82 Å². The van der Waals surface area contributed by atoms with Crippen LogP contribution in [-0.4, -0.2) is 19.3 Å². The molecule has 0 aliphatic rings. The van der Waals surface area contributed by atoms with Gasteiger partial charge in [0.15, 0.2) is 21.1 Å². The van der Waals surface area contributed by atoms with Crippen molar-refractivity contribution in [1.29, 1.82) is 0 Å². The number of para-hydroxylation sites is 1. The Morgan fingerprint density at radius 2 is 1.52 bits per heavy atom. The van der Waals surface area contributed by atoms with E-state index < -0.39 is 10.4 Å². The average molecular weight is 376 g/mol. The van der Waals surface area contributed by atoms with E-state index in [9.17, 15) is 8.76 Å². The second-order valence-electron chi connectivity index (χ2n) is 5.80. The minimum absolute atomic E-state index is 0.185. The first kappa shape index (κ1) is 17.1. The highest BCUT2D eigenvalue weighted by Gasteiger charge is 2.23. The average Bonchev–Trinajstić information content (AvgIpc) is 3.13. The minimum atomic E-state index is -3.74. The van der Waals surface area contributed by atoms with Crippen LogP contribution in [-0.2, 0) is 14.6 Å². The number of hydrogen-bond acceptors (Lipinski definition) is 4. The summed E-state index contributed by atoms with van der Waals surface area (Å²) in [6.45, 7) is 0. The molecule has 134 valence electrons. The van der Waals surface area contributed by atoms with E-state index in [2.05, 4.69) is 14.8 Å². The summed E-state index contributed by atoms with van der Waals surface area (Å²) in [5.41, 5.74) is 1.97. The molecule has 2 heterocycles. The van der Waals surface area contributed by atoms with Crippen molar-refractivity contribution in [3.8, 4) is 17.1 Å². The van der Waals surface area contributed by atoms with Gasteiger partial charge in [-0.15, -0.1) is 0 Å². The molecule has 1 N–H and O–H groups in total.